The maximum atomic E-state index is 13.5. The molecule has 0 saturated heterocycles. The molecule has 2 aliphatic rings. The number of fused-ring (bicyclic) bond motifs is 2. The molecule has 1 saturated carbocycles. The Morgan fingerprint density at radius 2 is 1.68 bits per heavy atom. The fourth-order valence-electron chi connectivity index (χ4n) is 5.31. The summed E-state index contributed by atoms with van der Waals surface area (Å²) in [7, 11) is 0. The highest BCUT2D eigenvalue weighted by Crippen LogP contribution is 2.32. The van der Waals surface area contributed by atoms with Gasteiger partial charge in [-0.3, -0.25) is 18.7 Å². The molecule has 1 aliphatic heterocycles. The smallest absolute Gasteiger partial charge is 0.307 e. The highest BCUT2D eigenvalue weighted by atomic mass is 16.2. The van der Waals surface area contributed by atoms with Crippen molar-refractivity contribution < 1.29 is 4.79 Å². The Morgan fingerprint density at radius 1 is 0.968 bits per heavy atom. The van der Waals surface area contributed by atoms with Crippen molar-refractivity contribution in [2.45, 2.75) is 64.1 Å². The Labute approximate surface area is 180 Å². The number of aromatic nitrogens is 2. The molecule has 2 heterocycles. The molecule has 1 fully saturated rings. The van der Waals surface area contributed by atoms with Crippen molar-refractivity contribution in [2.24, 2.45) is 0 Å². The number of nitrogens with zero attached hydrogens (tertiary/aromatic N) is 3. The topological polar surface area (TPSA) is 64.3 Å². The van der Waals surface area contributed by atoms with Crippen molar-refractivity contribution in [3.8, 4) is 0 Å². The Hall–Kier alpha value is -3.15. The molecule has 6 heteroatoms. The van der Waals surface area contributed by atoms with E-state index >= 15 is 0 Å². The molecule has 1 atom stereocenters. The first-order valence-electron chi connectivity index (χ1n) is 11.2. The molecular weight excluding hydrogens is 390 g/mol. The van der Waals surface area contributed by atoms with Crippen molar-refractivity contribution >= 4 is 22.5 Å². The second-order valence-electron chi connectivity index (χ2n) is 8.80. The zero-order chi connectivity index (χ0) is 21.5. The second-order valence-corrected chi connectivity index (χ2v) is 8.80. The normalized spacial score (nSPS) is 19.0. The molecule has 1 aliphatic carbocycles. The van der Waals surface area contributed by atoms with Crippen LogP contribution in [0.3, 0.4) is 0 Å². The molecule has 3 aromatic rings. The molecule has 6 nitrogen and oxygen atoms in total. The van der Waals surface area contributed by atoms with Crippen molar-refractivity contribution in [1.82, 2.24) is 9.13 Å². The van der Waals surface area contributed by atoms with Crippen molar-refractivity contribution in [2.75, 3.05) is 4.90 Å². The number of hydrogen-bond donors (Lipinski definition) is 0. The third kappa shape index (κ3) is 3.30. The van der Waals surface area contributed by atoms with Crippen LogP contribution in [0.4, 0.5) is 5.69 Å². The number of anilines is 1. The molecular formula is C25H27N3O3. The monoisotopic (exact) mass is 417 g/mol. The lowest BCUT2D eigenvalue weighted by Gasteiger charge is -2.26. The quantitative estimate of drug-likeness (QED) is 0.654. The van der Waals surface area contributed by atoms with E-state index in [0.29, 0.717) is 10.9 Å². The largest absolute Gasteiger partial charge is 0.332 e. The molecule has 0 N–H and O–H groups in total. The average Bonchev–Trinajstić information content (AvgIpc) is 3.13. The first-order chi connectivity index (χ1) is 15.1. The third-order valence-electron chi connectivity index (χ3n) is 6.79. The van der Waals surface area contributed by atoms with Crippen LogP contribution in [-0.4, -0.2) is 21.1 Å². The third-order valence-corrected chi connectivity index (χ3v) is 6.79. The van der Waals surface area contributed by atoms with E-state index in [1.807, 2.05) is 37.3 Å². The van der Waals surface area contributed by atoms with Gasteiger partial charge in [-0.05, 0) is 49.9 Å². The highest BCUT2D eigenvalue weighted by molar-refractivity contribution is 5.96. The van der Waals surface area contributed by atoms with Crippen LogP contribution < -0.4 is 16.1 Å². The average molecular weight is 418 g/mol. The van der Waals surface area contributed by atoms with Crippen LogP contribution in [0.2, 0.25) is 0 Å². The number of para-hydroxylation sites is 2. The van der Waals surface area contributed by atoms with Crippen LogP contribution in [0, 0.1) is 0 Å². The van der Waals surface area contributed by atoms with E-state index in [4.69, 9.17) is 0 Å². The molecule has 0 radical (unpaired) electrons. The van der Waals surface area contributed by atoms with Crippen LogP contribution in [0.25, 0.3) is 10.9 Å². The summed E-state index contributed by atoms with van der Waals surface area (Å²) < 4.78 is 2.91. The van der Waals surface area contributed by atoms with Crippen LogP contribution >= 0.6 is 0 Å². The lowest BCUT2D eigenvalue weighted by atomic mass is 9.95. The number of rotatable bonds is 3. The van der Waals surface area contributed by atoms with Gasteiger partial charge < -0.3 is 4.90 Å². The summed E-state index contributed by atoms with van der Waals surface area (Å²) in [6, 6.07) is 15.0. The lowest BCUT2D eigenvalue weighted by molar-refractivity contribution is -0.119. The standard InChI is InChI=1S/C25H27N3O3/c1-17-15-18-9-5-7-13-21(18)27(17)23(29)16-26-22-14-8-6-12-20(22)24(30)28(25(26)31)19-10-3-2-4-11-19/h5-9,12-14,17,19H,2-4,10-11,15-16H2,1H3/t17-/m0/s1. The maximum absolute atomic E-state index is 13.5. The summed E-state index contributed by atoms with van der Waals surface area (Å²) in [4.78, 5) is 42.0. The van der Waals surface area contributed by atoms with Gasteiger partial charge in [-0.15, -0.1) is 0 Å². The van der Waals surface area contributed by atoms with E-state index in [1.54, 1.807) is 23.1 Å². The van der Waals surface area contributed by atoms with Gasteiger partial charge in [-0.1, -0.05) is 49.6 Å². The van der Waals surface area contributed by atoms with Gasteiger partial charge in [0.25, 0.3) is 5.56 Å². The number of carbonyl (C=O) groups excluding carboxylic acids is 1. The Bertz CT molecular complexity index is 1270. The molecule has 31 heavy (non-hydrogen) atoms. The van der Waals surface area contributed by atoms with Crippen LogP contribution in [0.1, 0.15) is 50.6 Å². The Kier molecular flexibility index (Phi) is 5.00. The zero-order valence-electron chi connectivity index (χ0n) is 17.8. The maximum Gasteiger partial charge on any atom is 0.332 e. The summed E-state index contributed by atoms with van der Waals surface area (Å²) in [5.41, 5.74) is 1.98. The first-order valence-corrected chi connectivity index (χ1v) is 11.2. The molecule has 0 bridgehead atoms. The van der Waals surface area contributed by atoms with Gasteiger partial charge in [0.15, 0.2) is 0 Å². The predicted molar refractivity (Wildman–Crippen MR) is 122 cm³/mol. The van der Waals surface area contributed by atoms with Gasteiger partial charge in [0, 0.05) is 17.8 Å². The van der Waals surface area contributed by atoms with E-state index in [9.17, 15) is 14.4 Å². The van der Waals surface area contributed by atoms with Gasteiger partial charge in [0.05, 0.1) is 10.9 Å². The van der Waals surface area contributed by atoms with E-state index < -0.39 is 0 Å². The SMILES string of the molecule is C[C@H]1Cc2ccccc2N1C(=O)Cn1c(=O)n(C2CCCCC2)c(=O)c2ccccc21. The number of hydrogen-bond acceptors (Lipinski definition) is 3. The molecule has 1 aromatic heterocycles. The van der Waals surface area contributed by atoms with E-state index in [0.717, 1.165) is 49.8 Å². The molecule has 1 amide bonds. The van der Waals surface area contributed by atoms with Gasteiger partial charge in [-0.2, -0.15) is 0 Å². The van der Waals surface area contributed by atoms with Gasteiger partial charge in [0.2, 0.25) is 5.91 Å². The minimum absolute atomic E-state index is 0.0381. The van der Waals surface area contributed by atoms with Crippen molar-refractivity contribution in [1.29, 1.82) is 0 Å². The molecule has 2 aromatic carbocycles. The zero-order valence-corrected chi connectivity index (χ0v) is 17.8. The fraction of sp³-hybridized carbons (Fsp3) is 0.400. The highest BCUT2D eigenvalue weighted by Gasteiger charge is 2.31. The first kappa shape index (κ1) is 19.8. The predicted octanol–water partition coefficient (Wildman–Crippen LogP) is 3.65. The van der Waals surface area contributed by atoms with Gasteiger partial charge in [-0.25, -0.2) is 4.79 Å². The molecule has 160 valence electrons. The number of amides is 1. The van der Waals surface area contributed by atoms with Crippen LogP contribution in [0.15, 0.2) is 58.1 Å². The van der Waals surface area contributed by atoms with E-state index in [1.165, 1.54) is 9.13 Å². The molecule has 0 spiro atoms. The number of benzene rings is 2. The second kappa shape index (κ2) is 7.84. The van der Waals surface area contributed by atoms with Crippen LogP contribution in [-0.2, 0) is 17.8 Å². The van der Waals surface area contributed by atoms with Gasteiger partial charge in [0.1, 0.15) is 6.54 Å². The Balaban J connectivity index is 1.61. The summed E-state index contributed by atoms with van der Waals surface area (Å²) >= 11 is 0. The van der Waals surface area contributed by atoms with Crippen molar-refractivity contribution in [3.05, 3.63) is 74.9 Å². The summed E-state index contributed by atoms with van der Waals surface area (Å²) in [6.45, 7) is 1.95. The summed E-state index contributed by atoms with van der Waals surface area (Å²) in [5, 5.41) is 0.496. The van der Waals surface area contributed by atoms with Gasteiger partial charge >= 0.3 is 5.69 Å². The minimum atomic E-state index is -0.371. The number of carbonyl (C=O) groups is 1. The molecule has 5 rings (SSSR count). The fourth-order valence-corrected chi connectivity index (χ4v) is 5.31. The van der Waals surface area contributed by atoms with E-state index in [-0.39, 0.29) is 35.8 Å². The molecule has 0 unspecified atom stereocenters. The minimum Gasteiger partial charge on any atom is -0.307 e. The van der Waals surface area contributed by atoms with Crippen LogP contribution in [0.5, 0.6) is 0 Å². The van der Waals surface area contributed by atoms with E-state index in [2.05, 4.69) is 0 Å². The lowest BCUT2D eigenvalue weighted by Crippen LogP contribution is -2.46. The summed E-state index contributed by atoms with van der Waals surface area (Å²) in [6.07, 6.45) is 5.64. The Morgan fingerprint density at radius 3 is 2.48 bits per heavy atom. The van der Waals surface area contributed by atoms with Crippen molar-refractivity contribution in [3.63, 3.8) is 0 Å². The summed E-state index contributed by atoms with van der Waals surface area (Å²) in [5.74, 6) is -0.126.